The van der Waals surface area contributed by atoms with E-state index in [1.54, 1.807) is 26.0 Å². The quantitative estimate of drug-likeness (QED) is 0.651. The van der Waals surface area contributed by atoms with E-state index in [1.165, 1.54) is 6.92 Å². The van der Waals surface area contributed by atoms with E-state index in [2.05, 4.69) is 0 Å². The van der Waals surface area contributed by atoms with E-state index in [9.17, 15) is 20.4 Å². The van der Waals surface area contributed by atoms with E-state index in [4.69, 9.17) is 4.74 Å². The maximum atomic E-state index is 10.0. The molecule has 0 saturated carbocycles. The zero-order valence-electron chi connectivity index (χ0n) is 12.0. The minimum absolute atomic E-state index is 0.291. The van der Waals surface area contributed by atoms with Crippen molar-refractivity contribution in [3.63, 3.8) is 0 Å². The fourth-order valence-corrected chi connectivity index (χ4v) is 2.48. The second-order valence-corrected chi connectivity index (χ2v) is 5.93. The van der Waals surface area contributed by atoms with E-state index in [1.807, 2.05) is 0 Å². The van der Waals surface area contributed by atoms with E-state index in [0.29, 0.717) is 23.3 Å². The summed E-state index contributed by atoms with van der Waals surface area (Å²) in [5.74, 6) is 0.511. The number of hydrogen-bond acceptors (Lipinski definition) is 5. The average Bonchev–Trinajstić information content (AvgIpc) is 2.80. The number of aliphatic hydroxyl groups is 4. The summed E-state index contributed by atoms with van der Waals surface area (Å²) in [5.41, 5.74) is 0.831. The van der Waals surface area contributed by atoms with Gasteiger partial charge in [-0.3, -0.25) is 0 Å². The molecule has 20 heavy (non-hydrogen) atoms. The highest BCUT2D eigenvalue weighted by Crippen LogP contribution is 2.39. The zero-order chi connectivity index (χ0) is 15.1. The van der Waals surface area contributed by atoms with Gasteiger partial charge in [0, 0.05) is 12.0 Å². The lowest BCUT2D eigenvalue weighted by atomic mass is 9.93. The van der Waals surface area contributed by atoms with Gasteiger partial charge < -0.3 is 25.2 Å². The van der Waals surface area contributed by atoms with Crippen molar-refractivity contribution in [2.75, 3.05) is 0 Å². The molecular weight excluding hydrogens is 260 g/mol. The van der Waals surface area contributed by atoms with Gasteiger partial charge in [-0.05, 0) is 31.9 Å². The lowest BCUT2D eigenvalue weighted by Gasteiger charge is -2.25. The van der Waals surface area contributed by atoms with Crippen molar-refractivity contribution >= 4 is 0 Å². The SMILES string of the molecule is C[C@H](O)[C@@H](O)c1ccc2c(c1CO)OC(C(C)(C)O)C2. The maximum absolute atomic E-state index is 10.0. The van der Waals surface area contributed by atoms with Gasteiger partial charge in [-0.15, -0.1) is 0 Å². The van der Waals surface area contributed by atoms with Crippen molar-refractivity contribution in [3.05, 3.63) is 28.8 Å². The Morgan fingerprint density at radius 3 is 2.50 bits per heavy atom. The molecule has 0 aromatic heterocycles. The Kier molecular flexibility index (Phi) is 4.07. The molecule has 0 fully saturated rings. The van der Waals surface area contributed by atoms with Crippen molar-refractivity contribution in [2.24, 2.45) is 0 Å². The largest absolute Gasteiger partial charge is 0.486 e. The van der Waals surface area contributed by atoms with Gasteiger partial charge in [0.1, 0.15) is 18.0 Å². The Bertz CT molecular complexity index is 490. The lowest BCUT2D eigenvalue weighted by Crippen LogP contribution is -2.39. The lowest BCUT2D eigenvalue weighted by molar-refractivity contribution is -0.0237. The summed E-state index contributed by atoms with van der Waals surface area (Å²) in [6, 6.07) is 3.50. The highest BCUT2D eigenvalue weighted by atomic mass is 16.5. The van der Waals surface area contributed by atoms with Crippen LogP contribution in [0.5, 0.6) is 5.75 Å². The molecule has 2 rings (SSSR count). The normalized spacial score (nSPS) is 21.2. The molecule has 1 aromatic carbocycles. The van der Waals surface area contributed by atoms with E-state index >= 15 is 0 Å². The van der Waals surface area contributed by atoms with Gasteiger partial charge in [0.05, 0.1) is 18.3 Å². The molecule has 112 valence electrons. The van der Waals surface area contributed by atoms with E-state index < -0.39 is 17.8 Å². The number of benzene rings is 1. The predicted molar refractivity (Wildman–Crippen MR) is 73.4 cm³/mol. The Hall–Kier alpha value is -1.14. The first-order chi connectivity index (χ1) is 9.25. The predicted octanol–water partition coefficient (Wildman–Crippen LogP) is 0.667. The first-order valence-electron chi connectivity index (χ1n) is 6.76. The van der Waals surface area contributed by atoms with E-state index in [0.717, 1.165) is 5.56 Å². The fraction of sp³-hybridized carbons (Fsp3) is 0.600. The van der Waals surface area contributed by atoms with Crippen LogP contribution >= 0.6 is 0 Å². The van der Waals surface area contributed by atoms with Gasteiger partial charge >= 0.3 is 0 Å². The standard InChI is InChI=1S/C15H22O5/c1-8(17)13(18)10-5-4-9-6-12(15(2,3)19)20-14(9)11(10)7-16/h4-5,8,12-13,16-19H,6-7H2,1-3H3/t8-,12?,13+/m0/s1. The molecule has 1 heterocycles. The van der Waals surface area contributed by atoms with Crippen LogP contribution < -0.4 is 4.74 Å². The third-order valence-electron chi connectivity index (χ3n) is 3.77. The summed E-state index contributed by atoms with van der Waals surface area (Å²) >= 11 is 0. The third-order valence-corrected chi connectivity index (χ3v) is 3.77. The number of fused-ring (bicyclic) bond motifs is 1. The van der Waals surface area contributed by atoms with Gasteiger partial charge in [-0.2, -0.15) is 0 Å². The van der Waals surface area contributed by atoms with Crippen LogP contribution in [-0.2, 0) is 13.0 Å². The summed E-state index contributed by atoms with van der Waals surface area (Å²) in [4.78, 5) is 0. The summed E-state index contributed by atoms with van der Waals surface area (Å²) in [6.07, 6.45) is -1.85. The second-order valence-electron chi connectivity index (χ2n) is 5.93. The Labute approximate surface area is 118 Å². The topological polar surface area (TPSA) is 90.2 Å². The summed E-state index contributed by atoms with van der Waals surface area (Å²) < 4.78 is 5.76. The molecule has 4 N–H and O–H groups in total. The van der Waals surface area contributed by atoms with Gasteiger partial charge in [-0.25, -0.2) is 0 Å². The number of rotatable bonds is 4. The van der Waals surface area contributed by atoms with Crippen LogP contribution in [0.4, 0.5) is 0 Å². The molecule has 5 nitrogen and oxygen atoms in total. The summed E-state index contributed by atoms with van der Waals surface area (Å²) in [6.45, 7) is 4.54. The van der Waals surface area contributed by atoms with Crippen LogP contribution in [0, 0.1) is 0 Å². The van der Waals surface area contributed by atoms with E-state index in [-0.39, 0.29) is 12.7 Å². The Morgan fingerprint density at radius 1 is 1.35 bits per heavy atom. The molecule has 0 bridgehead atoms. The van der Waals surface area contributed by atoms with Crippen molar-refractivity contribution in [3.8, 4) is 5.75 Å². The molecule has 1 unspecified atom stereocenters. The molecule has 5 heteroatoms. The van der Waals surface area contributed by atoms with Gasteiger partial charge in [-0.1, -0.05) is 12.1 Å². The van der Waals surface area contributed by atoms with Crippen LogP contribution in [0.2, 0.25) is 0 Å². The van der Waals surface area contributed by atoms with Crippen LogP contribution in [0.25, 0.3) is 0 Å². The Balaban J connectivity index is 2.41. The molecule has 0 spiro atoms. The van der Waals surface area contributed by atoms with Crippen molar-refractivity contribution in [1.82, 2.24) is 0 Å². The van der Waals surface area contributed by atoms with Crippen LogP contribution in [0.3, 0.4) is 0 Å². The molecule has 0 aliphatic carbocycles. The van der Waals surface area contributed by atoms with Crippen molar-refractivity contribution in [2.45, 2.75) is 57.7 Å². The molecule has 0 amide bonds. The average molecular weight is 282 g/mol. The molecule has 1 aromatic rings. The molecule has 0 saturated heterocycles. The van der Waals surface area contributed by atoms with Gasteiger partial charge in [0.25, 0.3) is 0 Å². The molecule has 3 atom stereocenters. The van der Waals surface area contributed by atoms with Crippen LogP contribution in [0.15, 0.2) is 12.1 Å². The smallest absolute Gasteiger partial charge is 0.131 e. The molecule has 0 radical (unpaired) electrons. The highest BCUT2D eigenvalue weighted by Gasteiger charge is 2.37. The monoisotopic (exact) mass is 282 g/mol. The van der Waals surface area contributed by atoms with Crippen LogP contribution in [0.1, 0.15) is 43.6 Å². The number of ether oxygens (including phenoxy) is 1. The third kappa shape index (κ3) is 2.67. The summed E-state index contributed by atoms with van der Waals surface area (Å²) in [7, 11) is 0. The highest BCUT2D eigenvalue weighted by molar-refractivity contribution is 5.50. The second kappa shape index (κ2) is 5.33. The number of aliphatic hydroxyl groups excluding tert-OH is 3. The van der Waals surface area contributed by atoms with Gasteiger partial charge in [0.15, 0.2) is 0 Å². The molecule has 1 aliphatic heterocycles. The Morgan fingerprint density at radius 2 is 2.00 bits per heavy atom. The minimum Gasteiger partial charge on any atom is -0.486 e. The molecule has 1 aliphatic rings. The fourth-order valence-electron chi connectivity index (χ4n) is 2.48. The van der Waals surface area contributed by atoms with Gasteiger partial charge in [0.2, 0.25) is 0 Å². The first kappa shape index (κ1) is 15.3. The maximum Gasteiger partial charge on any atom is 0.131 e. The van der Waals surface area contributed by atoms with Crippen LogP contribution in [-0.4, -0.2) is 38.2 Å². The summed E-state index contributed by atoms with van der Waals surface area (Å²) in [5, 5.41) is 39.1. The number of hydrogen-bond donors (Lipinski definition) is 4. The van der Waals surface area contributed by atoms with Crippen molar-refractivity contribution < 1.29 is 25.2 Å². The van der Waals surface area contributed by atoms with Crippen molar-refractivity contribution in [1.29, 1.82) is 0 Å². The minimum atomic E-state index is -1.08. The first-order valence-corrected chi connectivity index (χ1v) is 6.76. The molecular formula is C15H22O5. The zero-order valence-corrected chi connectivity index (χ0v) is 12.0.